The lowest BCUT2D eigenvalue weighted by Crippen LogP contribution is -2.39. The van der Waals surface area contributed by atoms with Gasteiger partial charge in [-0.15, -0.1) is 0 Å². The van der Waals surface area contributed by atoms with Crippen LogP contribution < -0.4 is 0 Å². The lowest BCUT2D eigenvalue weighted by molar-refractivity contribution is -0.141. The number of fused-ring (bicyclic) bond motifs is 1. The van der Waals surface area contributed by atoms with Crippen LogP contribution in [0.3, 0.4) is 0 Å². The van der Waals surface area contributed by atoms with Crippen molar-refractivity contribution in [1.82, 2.24) is 0 Å². The standard InChI is InChI=1S/C20H22O6/c1-10(2)6-7-15-18-13(8-11(26-15)9-16(22)23)19(24)12-4-3-5-14(21)17(12)20(18)25/h3-5,10-11,15,21H,6-9H2,1-2H3,(H,22,23)/t11-,15+/m0/s1. The third-order valence-corrected chi connectivity index (χ3v) is 4.88. The summed E-state index contributed by atoms with van der Waals surface area (Å²) in [6.07, 6.45) is -0.0954. The fraction of sp³-hybridized carbons (Fsp3) is 0.450. The molecule has 0 amide bonds. The fourth-order valence-corrected chi connectivity index (χ4v) is 3.66. The number of hydrogen-bond donors (Lipinski definition) is 2. The maximum absolute atomic E-state index is 13.0. The van der Waals surface area contributed by atoms with Crippen LogP contribution in [0.4, 0.5) is 0 Å². The molecule has 26 heavy (non-hydrogen) atoms. The van der Waals surface area contributed by atoms with E-state index in [2.05, 4.69) is 0 Å². The first kappa shape index (κ1) is 18.3. The van der Waals surface area contributed by atoms with Gasteiger partial charge in [0, 0.05) is 23.1 Å². The first-order chi connectivity index (χ1) is 12.3. The van der Waals surface area contributed by atoms with Gasteiger partial charge in [0.1, 0.15) is 5.75 Å². The van der Waals surface area contributed by atoms with E-state index in [0.717, 1.165) is 6.42 Å². The largest absolute Gasteiger partial charge is 0.507 e. The summed E-state index contributed by atoms with van der Waals surface area (Å²) in [7, 11) is 0. The zero-order chi connectivity index (χ0) is 19.0. The summed E-state index contributed by atoms with van der Waals surface area (Å²) in [4.78, 5) is 37.1. The van der Waals surface area contributed by atoms with Gasteiger partial charge in [-0.2, -0.15) is 0 Å². The second-order valence-corrected chi connectivity index (χ2v) is 7.27. The molecule has 6 nitrogen and oxygen atoms in total. The van der Waals surface area contributed by atoms with Crippen LogP contribution in [0.5, 0.6) is 5.75 Å². The Labute approximate surface area is 151 Å². The predicted octanol–water partition coefficient (Wildman–Crippen LogP) is 3.14. The highest BCUT2D eigenvalue weighted by molar-refractivity contribution is 6.28. The second kappa shape index (κ2) is 7.03. The third kappa shape index (κ3) is 3.29. The summed E-state index contributed by atoms with van der Waals surface area (Å²) in [6, 6.07) is 4.43. The molecule has 138 valence electrons. The molecular formula is C20H22O6. The molecule has 0 fully saturated rings. The Morgan fingerprint density at radius 2 is 2.00 bits per heavy atom. The van der Waals surface area contributed by atoms with Crippen molar-refractivity contribution in [3.63, 3.8) is 0 Å². The molecule has 0 unspecified atom stereocenters. The van der Waals surface area contributed by atoms with Gasteiger partial charge in [-0.25, -0.2) is 0 Å². The van der Waals surface area contributed by atoms with Gasteiger partial charge in [-0.3, -0.25) is 14.4 Å². The van der Waals surface area contributed by atoms with E-state index in [0.29, 0.717) is 17.9 Å². The highest BCUT2D eigenvalue weighted by atomic mass is 16.5. The van der Waals surface area contributed by atoms with Crippen LogP contribution in [-0.4, -0.2) is 40.0 Å². The van der Waals surface area contributed by atoms with Crippen molar-refractivity contribution >= 4 is 17.5 Å². The number of rotatable bonds is 5. The normalized spacial score (nSPS) is 22.4. The Morgan fingerprint density at radius 1 is 1.27 bits per heavy atom. The van der Waals surface area contributed by atoms with Gasteiger partial charge >= 0.3 is 5.97 Å². The number of carboxylic acid groups (broad SMARTS) is 1. The summed E-state index contributed by atoms with van der Waals surface area (Å²) in [6.45, 7) is 4.09. The molecule has 1 aromatic rings. The summed E-state index contributed by atoms with van der Waals surface area (Å²) in [5, 5.41) is 19.2. The number of aromatic hydroxyl groups is 1. The highest BCUT2D eigenvalue weighted by Crippen LogP contribution is 2.40. The highest BCUT2D eigenvalue weighted by Gasteiger charge is 2.42. The minimum Gasteiger partial charge on any atom is -0.507 e. The molecule has 2 aliphatic rings. The topological polar surface area (TPSA) is 101 Å². The summed E-state index contributed by atoms with van der Waals surface area (Å²) < 4.78 is 5.90. The smallest absolute Gasteiger partial charge is 0.305 e. The Morgan fingerprint density at radius 3 is 2.65 bits per heavy atom. The summed E-state index contributed by atoms with van der Waals surface area (Å²) >= 11 is 0. The molecule has 2 N–H and O–H groups in total. The van der Waals surface area contributed by atoms with E-state index in [1.165, 1.54) is 18.2 Å². The van der Waals surface area contributed by atoms with Crippen molar-refractivity contribution < 1.29 is 29.3 Å². The average molecular weight is 358 g/mol. The van der Waals surface area contributed by atoms with E-state index in [9.17, 15) is 19.5 Å². The van der Waals surface area contributed by atoms with Crippen molar-refractivity contribution in [2.75, 3.05) is 0 Å². The lowest BCUT2D eigenvalue weighted by Gasteiger charge is -2.35. The quantitative estimate of drug-likeness (QED) is 0.838. The molecule has 1 aliphatic heterocycles. The number of Topliss-reactive ketones (excluding diaryl/α,β-unsaturated/α-hetero) is 2. The zero-order valence-electron chi connectivity index (χ0n) is 14.8. The van der Waals surface area contributed by atoms with Crippen LogP contribution >= 0.6 is 0 Å². The monoisotopic (exact) mass is 358 g/mol. The SMILES string of the molecule is CC(C)CC[C@H]1O[C@H](CC(=O)O)CC2=C1C(=O)c1c(O)cccc1C2=O. The number of hydrogen-bond acceptors (Lipinski definition) is 5. The molecule has 1 aliphatic carbocycles. The molecule has 1 heterocycles. The van der Waals surface area contributed by atoms with E-state index < -0.39 is 24.0 Å². The van der Waals surface area contributed by atoms with Crippen molar-refractivity contribution in [2.45, 2.75) is 51.7 Å². The van der Waals surface area contributed by atoms with E-state index in [1.54, 1.807) is 0 Å². The fourth-order valence-electron chi connectivity index (χ4n) is 3.66. The Hall–Kier alpha value is -2.47. The number of ketones is 2. The van der Waals surface area contributed by atoms with Gasteiger partial charge in [0.15, 0.2) is 11.6 Å². The molecular weight excluding hydrogens is 336 g/mol. The van der Waals surface area contributed by atoms with E-state index in [-0.39, 0.29) is 41.1 Å². The number of benzene rings is 1. The third-order valence-electron chi connectivity index (χ3n) is 4.88. The summed E-state index contributed by atoms with van der Waals surface area (Å²) in [5.41, 5.74) is 0.809. The van der Waals surface area contributed by atoms with E-state index in [4.69, 9.17) is 9.84 Å². The maximum Gasteiger partial charge on any atom is 0.305 e. The van der Waals surface area contributed by atoms with E-state index in [1.807, 2.05) is 13.8 Å². The van der Waals surface area contributed by atoms with Gasteiger partial charge in [-0.1, -0.05) is 26.0 Å². The first-order valence-corrected chi connectivity index (χ1v) is 8.81. The van der Waals surface area contributed by atoms with Crippen molar-refractivity contribution in [1.29, 1.82) is 0 Å². The number of carbonyl (C=O) groups excluding carboxylic acids is 2. The minimum atomic E-state index is -1.01. The van der Waals surface area contributed by atoms with Crippen molar-refractivity contribution in [3.05, 3.63) is 40.5 Å². The Bertz CT molecular complexity index is 805. The molecule has 0 aromatic heterocycles. The van der Waals surface area contributed by atoms with Gasteiger partial charge in [0.05, 0.1) is 24.2 Å². The predicted molar refractivity (Wildman–Crippen MR) is 93.4 cm³/mol. The Balaban J connectivity index is 2.05. The van der Waals surface area contributed by atoms with E-state index >= 15 is 0 Å². The molecule has 3 rings (SSSR count). The van der Waals surface area contributed by atoms with Crippen LogP contribution in [0.25, 0.3) is 0 Å². The molecule has 2 atom stereocenters. The molecule has 1 aromatic carbocycles. The molecule has 0 radical (unpaired) electrons. The Kier molecular flexibility index (Phi) is 4.96. The van der Waals surface area contributed by atoms with Gasteiger partial charge in [0.25, 0.3) is 0 Å². The number of ether oxygens (including phenoxy) is 1. The number of aliphatic carboxylic acids is 1. The number of phenolic OH excluding ortho intramolecular Hbond substituents is 1. The zero-order valence-corrected chi connectivity index (χ0v) is 14.8. The first-order valence-electron chi connectivity index (χ1n) is 8.81. The van der Waals surface area contributed by atoms with Crippen LogP contribution in [0.1, 0.15) is 60.2 Å². The lowest BCUT2D eigenvalue weighted by atomic mass is 9.76. The molecule has 0 spiro atoms. The second-order valence-electron chi connectivity index (χ2n) is 7.27. The number of carbonyl (C=O) groups is 3. The van der Waals surface area contributed by atoms with Gasteiger partial charge in [0.2, 0.25) is 0 Å². The summed E-state index contributed by atoms with van der Waals surface area (Å²) in [5.74, 6) is -1.57. The van der Waals surface area contributed by atoms with Crippen LogP contribution in [-0.2, 0) is 9.53 Å². The maximum atomic E-state index is 13.0. The van der Waals surface area contributed by atoms with Crippen LogP contribution in [0.2, 0.25) is 0 Å². The molecule has 0 saturated heterocycles. The average Bonchev–Trinajstić information content (AvgIpc) is 2.56. The molecule has 0 saturated carbocycles. The molecule has 0 bridgehead atoms. The molecule has 6 heteroatoms. The number of phenols is 1. The van der Waals surface area contributed by atoms with Gasteiger partial charge < -0.3 is 14.9 Å². The minimum absolute atomic E-state index is 0.0195. The van der Waals surface area contributed by atoms with Crippen LogP contribution in [0, 0.1) is 5.92 Å². The van der Waals surface area contributed by atoms with Crippen molar-refractivity contribution in [3.8, 4) is 5.75 Å². The van der Waals surface area contributed by atoms with Crippen LogP contribution in [0.15, 0.2) is 29.3 Å². The van der Waals surface area contributed by atoms with Gasteiger partial charge in [-0.05, 0) is 24.8 Å². The van der Waals surface area contributed by atoms with Crippen molar-refractivity contribution in [2.24, 2.45) is 5.92 Å². The number of carboxylic acids is 1.